The van der Waals surface area contributed by atoms with E-state index in [1.165, 1.54) is 0 Å². The van der Waals surface area contributed by atoms with Gasteiger partial charge in [-0.15, -0.1) is 0 Å². The Morgan fingerprint density at radius 1 is 1.09 bits per heavy atom. The minimum Gasteiger partial charge on any atom is -0.496 e. The first-order valence-corrected chi connectivity index (χ1v) is 10.9. The van der Waals surface area contributed by atoms with Gasteiger partial charge in [0.2, 0.25) is 11.8 Å². The van der Waals surface area contributed by atoms with Crippen molar-refractivity contribution in [2.75, 3.05) is 51.8 Å². The molecule has 1 saturated heterocycles. The number of nitrogens with zero attached hydrogens (tertiary/aromatic N) is 2. The van der Waals surface area contributed by atoms with Crippen LogP contribution in [0, 0.1) is 0 Å². The molecule has 170 valence electrons. The van der Waals surface area contributed by atoms with Crippen molar-refractivity contribution in [1.82, 2.24) is 9.80 Å². The molecule has 0 spiro atoms. The number of methoxy groups -OCH3 is 1. The standard InChI is InChI=1S/C24H29N3O5/c1-17(28)27-11-10-26(15-20(27)19-6-3-4-7-21(19)30-2)16-24(29)25-18-8-9-22-23(14-18)32-13-5-12-31-22/h3-4,6-9,14,20H,5,10-13,15-16H2,1-2H3,(H,25,29). The molecule has 0 aromatic heterocycles. The first-order chi connectivity index (χ1) is 15.5. The van der Waals surface area contributed by atoms with Crippen LogP contribution in [0.1, 0.15) is 24.9 Å². The van der Waals surface area contributed by atoms with Crippen molar-refractivity contribution < 1.29 is 23.8 Å². The second-order valence-electron chi connectivity index (χ2n) is 7.97. The molecule has 1 atom stereocenters. The summed E-state index contributed by atoms with van der Waals surface area (Å²) in [4.78, 5) is 28.9. The van der Waals surface area contributed by atoms with Crippen LogP contribution in [-0.2, 0) is 9.59 Å². The van der Waals surface area contributed by atoms with Crippen molar-refractivity contribution in [3.63, 3.8) is 0 Å². The van der Waals surface area contributed by atoms with Crippen molar-refractivity contribution in [3.05, 3.63) is 48.0 Å². The maximum atomic E-state index is 12.8. The predicted molar refractivity (Wildman–Crippen MR) is 120 cm³/mol. The number of nitrogens with one attached hydrogen (secondary N) is 1. The second kappa shape index (κ2) is 9.91. The third-order valence-electron chi connectivity index (χ3n) is 5.77. The van der Waals surface area contributed by atoms with Crippen molar-refractivity contribution in [2.45, 2.75) is 19.4 Å². The van der Waals surface area contributed by atoms with Crippen LogP contribution < -0.4 is 19.5 Å². The summed E-state index contributed by atoms with van der Waals surface area (Å²) in [6.07, 6.45) is 0.829. The number of carbonyl (C=O) groups excluding carboxylic acids is 2. The largest absolute Gasteiger partial charge is 0.496 e. The molecule has 1 fully saturated rings. The highest BCUT2D eigenvalue weighted by Crippen LogP contribution is 2.33. The number of para-hydroxylation sites is 1. The van der Waals surface area contributed by atoms with Crippen LogP contribution in [0.5, 0.6) is 17.2 Å². The SMILES string of the molecule is COc1ccccc1C1CN(CC(=O)Nc2ccc3c(c2)OCCCO3)CCN1C(C)=O. The maximum Gasteiger partial charge on any atom is 0.238 e. The summed E-state index contributed by atoms with van der Waals surface area (Å²) in [5, 5.41) is 2.95. The van der Waals surface area contributed by atoms with Crippen molar-refractivity contribution in [1.29, 1.82) is 0 Å². The van der Waals surface area contributed by atoms with Crippen LogP contribution in [0.25, 0.3) is 0 Å². The molecule has 0 bridgehead atoms. The summed E-state index contributed by atoms with van der Waals surface area (Å²) in [6, 6.07) is 13.0. The Bertz CT molecular complexity index is 980. The molecule has 2 heterocycles. The average Bonchev–Trinajstić information content (AvgIpc) is 3.03. The Hall–Kier alpha value is -3.26. The third-order valence-corrected chi connectivity index (χ3v) is 5.77. The van der Waals surface area contributed by atoms with Crippen molar-refractivity contribution in [2.24, 2.45) is 0 Å². The summed E-state index contributed by atoms with van der Waals surface area (Å²) in [6.45, 7) is 4.75. The number of fused-ring (bicyclic) bond motifs is 1. The van der Waals surface area contributed by atoms with Crippen LogP contribution in [0.15, 0.2) is 42.5 Å². The van der Waals surface area contributed by atoms with Crippen molar-refractivity contribution in [3.8, 4) is 17.2 Å². The number of anilines is 1. The Morgan fingerprint density at radius 2 is 1.88 bits per heavy atom. The lowest BCUT2D eigenvalue weighted by Crippen LogP contribution is -2.51. The van der Waals surface area contributed by atoms with Gasteiger partial charge < -0.3 is 24.4 Å². The highest BCUT2D eigenvalue weighted by atomic mass is 16.5. The predicted octanol–water partition coefficient (Wildman–Crippen LogP) is 2.70. The van der Waals surface area contributed by atoms with E-state index in [0.717, 1.165) is 17.7 Å². The monoisotopic (exact) mass is 439 g/mol. The molecule has 2 amide bonds. The molecular formula is C24H29N3O5. The van der Waals surface area contributed by atoms with Crippen molar-refractivity contribution >= 4 is 17.5 Å². The zero-order chi connectivity index (χ0) is 22.5. The fourth-order valence-corrected chi connectivity index (χ4v) is 4.21. The molecule has 0 saturated carbocycles. The molecule has 0 aliphatic carbocycles. The van der Waals surface area contributed by atoms with Crippen LogP contribution in [0.2, 0.25) is 0 Å². The van der Waals surface area contributed by atoms with E-state index in [-0.39, 0.29) is 24.4 Å². The molecule has 8 heteroatoms. The number of hydrogen-bond acceptors (Lipinski definition) is 6. The summed E-state index contributed by atoms with van der Waals surface area (Å²) < 4.78 is 16.9. The van der Waals surface area contributed by atoms with Gasteiger partial charge in [-0.2, -0.15) is 0 Å². The van der Waals surface area contributed by atoms with E-state index < -0.39 is 0 Å². The lowest BCUT2D eigenvalue weighted by Gasteiger charge is -2.41. The fraction of sp³-hybridized carbons (Fsp3) is 0.417. The quantitative estimate of drug-likeness (QED) is 0.772. The molecule has 2 aromatic carbocycles. The second-order valence-corrected chi connectivity index (χ2v) is 7.97. The Labute approximate surface area is 188 Å². The lowest BCUT2D eigenvalue weighted by molar-refractivity contribution is -0.134. The number of carbonyl (C=O) groups is 2. The van der Waals surface area contributed by atoms with Gasteiger partial charge in [-0.05, 0) is 18.2 Å². The maximum absolute atomic E-state index is 12.8. The smallest absolute Gasteiger partial charge is 0.238 e. The number of hydrogen-bond donors (Lipinski definition) is 1. The van der Waals surface area contributed by atoms with E-state index >= 15 is 0 Å². The minimum atomic E-state index is -0.178. The van der Waals surface area contributed by atoms with E-state index in [2.05, 4.69) is 10.2 Å². The van der Waals surface area contributed by atoms with Gasteiger partial charge in [-0.25, -0.2) is 0 Å². The zero-order valence-electron chi connectivity index (χ0n) is 18.5. The summed E-state index contributed by atoms with van der Waals surface area (Å²) >= 11 is 0. The summed E-state index contributed by atoms with van der Waals surface area (Å²) in [5.41, 5.74) is 1.61. The Kier molecular flexibility index (Phi) is 6.80. The van der Waals surface area contributed by atoms with Gasteiger partial charge in [0.25, 0.3) is 0 Å². The van der Waals surface area contributed by atoms with Crippen LogP contribution in [-0.4, -0.2) is 68.1 Å². The topological polar surface area (TPSA) is 80.3 Å². The fourth-order valence-electron chi connectivity index (χ4n) is 4.21. The van der Waals surface area contributed by atoms with Gasteiger partial charge in [0, 0.05) is 50.3 Å². The number of piperazine rings is 1. The van der Waals surface area contributed by atoms with Gasteiger partial charge in [0.05, 0.1) is 32.9 Å². The number of rotatable bonds is 5. The molecule has 2 aliphatic heterocycles. The van der Waals surface area contributed by atoms with Crippen LogP contribution in [0.3, 0.4) is 0 Å². The summed E-state index contributed by atoms with van der Waals surface area (Å²) in [7, 11) is 1.63. The van der Waals surface area contributed by atoms with Gasteiger partial charge in [0.1, 0.15) is 5.75 Å². The summed E-state index contributed by atoms with van der Waals surface area (Å²) in [5.74, 6) is 1.97. The van der Waals surface area contributed by atoms with Gasteiger partial charge in [-0.1, -0.05) is 18.2 Å². The van der Waals surface area contributed by atoms with E-state index in [1.54, 1.807) is 20.1 Å². The third kappa shape index (κ3) is 4.96. The van der Waals surface area contributed by atoms with Gasteiger partial charge in [0.15, 0.2) is 11.5 Å². The first kappa shape index (κ1) is 22.0. The van der Waals surface area contributed by atoms with E-state index in [4.69, 9.17) is 14.2 Å². The molecule has 4 rings (SSSR count). The molecule has 1 N–H and O–H groups in total. The van der Waals surface area contributed by atoms with E-state index in [9.17, 15) is 9.59 Å². The number of amides is 2. The first-order valence-electron chi connectivity index (χ1n) is 10.9. The molecule has 0 radical (unpaired) electrons. The highest BCUT2D eigenvalue weighted by molar-refractivity contribution is 5.92. The molecule has 1 unspecified atom stereocenters. The van der Waals surface area contributed by atoms with Gasteiger partial charge >= 0.3 is 0 Å². The lowest BCUT2D eigenvalue weighted by atomic mass is 10.0. The van der Waals surface area contributed by atoms with E-state index in [0.29, 0.717) is 50.0 Å². The average molecular weight is 440 g/mol. The molecule has 32 heavy (non-hydrogen) atoms. The molecule has 2 aliphatic rings. The minimum absolute atomic E-state index is 0.0113. The molecular weight excluding hydrogens is 410 g/mol. The van der Waals surface area contributed by atoms with Gasteiger partial charge in [-0.3, -0.25) is 14.5 Å². The number of benzene rings is 2. The normalized spacial score (nSPS) is 18.6. The highest BCUT2D eigenvalue weighted by Gasteiger charge is 2.32. The molecule has 2 aromatic rings. The Morgan fingerprint density at radius 3 is 2.66 bits per heavy atom. The van der Waals surface area contributed by atoms with E-state index in [1.807, 2.05) is 41.3 Å². The molecule has 8 nitrogen and oxygen atoms in total. The van der Waals surface area contributed by atoms with Crippen LogP contribution >= 0.6 is 0 Å². The van der Waals surface area contributed by atoms with Crippen LogP contribution in [0.4, 0.5) is 5.69 Å². The Balaban J connectivity index is 1.43. The zero-order valence-corrected chi connectivity index (χ0v) is 18.5. The number of ether oxygens (including phenoxy) is 3.